The Labute approximate surface area is 160 Å². The highest BCUT2D eigenvalue weighted by atomic mass is 35.5. The van der Waals surface area contributed by atoms with Crippen LogP contribution in [0.2, 0.25) is 5.02 Å². The number of benzene rings is 2. The van der Waals surface area contributed by atoms with E-state index < -0.39 is 16.0 Å². The number of esters is 1. The number of methoxy groups -OCH3 is 1. The molecule has 0 saturated carbocycles. The quantitative estimate of drug-likeness (QED) is 0.646. The average Bonchev–Trinajstić information content (AvgIpc) is 3.02. The summed E-state index contributed by atoms with van der Waals surface area (Å²) in [4.78, 5) is 12.1. The second-order valence-electron chi connectivity index (χ2n) is 5.33. The molecule has 0 radical (unpaired) electrons. The largest absolute Gasteiger partial charge is 0.497 e. The molecule has 3 rings (SSSR count). The summed E-state index contributed by atoms with van der Waals surface area (Å²) in [6, 6.07) is 13.0. The molecular weight excluding hydrogens is 394 g/mol. The summed E-state index contributed by atoms with van der Waals surface area (Å²) in [6.07, 6.45) is 0. The maximum absolute atomic E-state index is 12.7. The zero-order valence-electron chi connectivity index (χ0n) is 14.0. The number of carbonyl (C=O) groups is 1. The van der Waals surface area contributed by atoms with Crippen LogP contribution in [0.1, 0.15) is 10.4 Å². The van der Waals surface area contributed by atoms with Crippen LogP contribution in [0.3, 0.4) is 0 Å². The summed E-state index contributed by atoms with van der Waals surface area (Å²) in [6.45, 7) is 0. The molecule has 1 heterocycles. The Hall–Kier alpha value is -3.04. The van der Waals surface area contributed by atoms with Gasteiger partial charge in [-0.05, 0) is 42.5 Å². The van der Waals surface area contributed by atoms with E-state index in [0.29, 0.717) is 9.84 Å². The van der Waals surface area contributed by atoms with Gasteiger partial charge in [0, 0.05) is 11.1 Å². The van der Waals surface area contributed by atoms with E-state index in [-0.39, 0.29) is 27.2 Å². The zero-order chi connectivity index (χ0) is 19.6. The van der Waals surface area contributed by atoms with Crippen molar-refractivity contribution in [3.63, 3.8) is 0 Å². The Bertz CT molecular complexity index is 1090. The van der Waals surface area contributed by atoms with E-state index in [1.807, 2.05) is 0 Å². The van der Waals surface area contributed by atoms with Gasteiger partial charge >= 0.3 is 5.97 Å². The van der Waals surface area contributed by atoms with Gasteiger partial charge in [0.25, 0.3) is 10.0 Å². The molecule has 27 heavy (non-hydrogen) atoms. The van der Waals surface area contributed by atoms with Gasteiger partial charge in [-0.25, -0.2) is 4.79 Å². The molecule has 0 saturated heterocycles. The molecule has 8 nitrogen and oxygen atoms in total. The molecule has 140 valence electrons. The maximum atomic E-state index is 12.7. The van der Waals surface area contributed by atoms with Crippen LogP contribution in [0.5, 0.6) is 11.6 Å². The second kappa shape index (κ2) is 7.29. The number of nitrogens with two attached hydrogens (primary N) is 1. The highest BCUT2D eigenvalue weighted by molar-refractivity contribution is 7.90. The average molecular weight is 408 g/mol. The lowest BCUT2D eigenvalue weighted by molar-refractivity contribution is 0.0727. The van der Waals surface area contributed by atoms with Gasteiger partial charge in [0.15, 0.2) is 0 Å². The smallest absolute Gasteiger partial charge is 0.344 e. The second-order valence-corrected chi connectivity index (χ2v) is 7.53. The third-order valence-corrected chi connectivity index (χ3v) is 5.36. The fourth-order valence-electron chi connectivity index (χ4n) is 2.21. The van der Waals surface area contributed by atoms with Crippen LogP contribution in [0.15, 0.2) is 59.5 Å². The molecule has 1 aromatic heterocycles. The third kappa shape index (κ3) is 3.88. The molecule has 0 aliphatic rings. The van der Waals surface area contributed by atoms with Gasteiger partial charge in [-0.15, -0.1) is 9.19 Å². The molecule has 0 aliphatic carbocycles. The molecule has 0 bridgehead atoms. The Balaban J connectivity index is 1.86. The highest BCUT2D eigenvalue weighted by Gasteiger charge is 2.23. The highest BCUT2D eigenvalue weighted by Crippen LogP contribution is 2.23. The molecule has 10 heteroatoms. The van der Waals surface area contributed by atoms with Crippen LogP contribution in [0.25, 0.3) is 0 Å². The molecule has 0 aliphatic heterocycles. The molecule has 2 aromatic carbocycles. The predicted octanol–water partition coefficient (Wildman–Crippen LogP) is 2.58. The van der Waals surface area contributed by atoms with Crippen molar-refractivity contribution in [2.24, 2.45) is 0 Å². The van der Waals surface area contributed by atoms with Crippen LogP contribution in [0, 0.1) is 0 Å². The maximum Gasteiger partial charge on any atom is 0.344 e. The number of anilines is 1. The van der Waals surface area contributed by atoms with E-state index in [4.69, 9.17) is 26.8 Å². The zero-order valence-corrected chi connectivity index (χ0v) is 15.6. The Morgan fingerprint density at radius 1 is 1.15 bits per heavy atom. The lowest BCUT2D eigenvalue weighted by Crippen LogP contribution is -2.17. The molecular formula is C17H14ClN3O5S. The van der Waals surface area contributed by atoms with Gasteiger partial charge in [0.2, 0.25) is 5.88 Å². The van der Waals surface area contributed by atoms with Crippen molar-refractivity contribution in [3.8, 4) is 11.6 Å². The molecule has 0 amide bonds. The molecule has 3 aromatic rings. The fraction of sp³-hybridized carbons (Fsp3) is 0.0588. The van der Waals surface area contributed by atoms with E-state index in [9.17, 15) is 13.2 Å². The number of carbonyl (C=O) groups excluding carboxylic acids is 1. The van der Waals surface area contributed by atoms with Crippen molar-refractivity contribution in [2.75, 3.05) is 12.8 Å². The van der Waals surface area contributed by atoms with E-state index in [1.54, 1.807) is 12.1 Å². The van der Waals surface area contributed by atoms with Crippen molar-refractivity contribution in [3.05, 3.63) is 65.2 Å². The first-order valence-electron chi connectivity index (χ1n) is 7.54. The number of rotatable bonds is 5. The van der Waals surface area contributed by atoms with E-state index in [1.165, 1.54) is 43.5 Å². The number of nitrogens with zero attached hydrogens (tertiary/aromatic N) is 2. The first-order valence-corrected chi connectivity index (χ1v) is 9.36. The minimum Gasteiger partial charge on any atom is -0.497 e. The number of halogens is 1. The Kier molecular flexibility index (Phi) is 5.06. The summed E-state index contributed by atoms with van der Waals surface area (Å²) in [5.74, 6) is -0.610. The molecule has 0 fully saturated rings. The van der Waals surface area contributed by atoms with Crippen molar-refractivity contribution in [1.29, 1.82) is 0 Å². The molecule has 2 N–H and O–H groups in total. The standard InChI is InChI=1S/C17H14ClN3O5S/c1-25-13-7-5-11(6-8-13)17(22)26-16-10-15(19)21(20-16)27(23,24)14-4-2-3-12(18)9-14/h2-10H,19H2,1H3. The van der Waals surface area contributed by atoms with Gasteiger partial charge in [-0.3, -0.25) is 0 Å². The normalized spacial score (nSPS) is 11.2. The van der Waals surface area contributed by atoms with Gasteiger partial charge in [0.05, 0.1) is 17.6 Å². The van der Waals surface area contributed by atoms with E-state index >= 15 is 0 Å². The van der Waals surface area contributed by atoms with Crippen LogP contribution in [-0.4, -0.2) is 30.7 Å². The van der Waals surface area contributed by atoms with Gasteiger partial charge in [-0.2, -0.15) is 8.42 Å². The van der Waals surface area contributed by atoms with Gasteiger partial charge in [-0.1, -0.05) is 17.7 Å². The predicted molar refractivity (Wildman–Crippen MR) is 98.6 cm³/mol. The lowest BCUT2D eigenvalue weighted by atomic mass is 10.2. The minimum absolute atomic E-state index is 0.0992. The van der Waals surface area contributed by atoms with E-state index in [0.717, 1.165) is 6.07 Å². The van der Waals surface area contributed by atoms with Crippen molar-refractivity contribution in [1.82, 2.24) is 9.19 Å². The number of hydrogen-bond acceptors (Lipinski definition) is 7. The Morgan fingerprint density at radius 2 is 1.85 bits per heavy atom. The summed E-state index contributed by atoms with van der Waals surface area (Å²) in [5.41, 5.74) is 5.97. The summed E-state index contributed by atoms with van der Waals surface area (Å²) >= 11 is 5.84. The Morgan fingerprint density at radius 3 is 2.48 bits per heavy atom. The van der Waals surface area contributed by atoms with Crippen molar-refractivity contribution in [2.45, 2.75) is 4.90 Å². The summed E-state index contributed by atoms with van der Waals surface area (Å²) in [7, 11) is -2.59. The fourth-order valence-corrected chi connectivity index (χ4v) is 3.71. The van der Waals surface area contributed by atoms with Crippen LogP contribution in [0.4, 0.5) is 5.82 Å². The van der Waals surface area contributed by atoms with Crippen molar-refractivity contribution < 1.29 is 22.7 Å². The number of aromatic nitrogens is 2. The first kappa shape index (κ1) is 18.7. The van der Waals surface area contributed by atoms with Gasteiger partial charge in [0.1, 0.15) is 11.6 Å². The number of nitrogen functional groups attached to an aromatic ring is 1. The summed E-state index contributed by atoms with van der Waals surface area (Å²) < 4.78 is 36.0. The molecule has 0 spiro atoms. The van der Waals surface area contributed by atoms with E-state index in [2.05, 4.69) is 5.10 Å². The monoisotopic (exact) mass is 407 g/mol. The third-order valence-electron chi connectivity index (χ3n) is 3.53. The number of hydrogen-bond donors (Lipinski definition) is 1. The van der Waals surface area contributed by atoms with Crippen LogP contribution >= 0.6 is 11.6 Å². The number of ether oxygens (including phenoxy) is 2. The molecule has 0 unspecified atom stereocenters. The summed E-state index contributed by atoms with van der Waals surface area (Å²) in [5, 5.41) is 4.02. The van der Waals surface area contributed by atoms with Gasteiger partial charge < -0.3 is 15.2 Å². The first-order chi connectivity index (χ1) is 12.8. The molecule has 0 atom stereocenters. The van der Waals surface area contributed by atoms with Crippen LogP contribution < -0.4 is 15.2 Å². The lowest BCUT2D eigenvalue weighted by Gasteiger charge is -2.06. The SMILES string of the molecule is COc1ccc(C(=O)Oc2cc(N)n(S(=O)(=O)c3cccc(Cl)c3)n2)cc1. The van der Waals surface area contributed by atoms with Crippen molar-refractivity contribution >= 4 is 33.4 Å². The van der Waals surface area contributed by atoms with Crippen LogP contribution in [-0.2, 0) is 10.0 Å². The minimum atomic E-state index is -4.09. The topological polar surface area (TPSA) is 114 Å².